The van der Waals surface area contributed by atoms with Crippen LogP contribution in [0.4, 0.5) is 22.4 Å². The van der Waals surface area contributed by atoms with E-state index in [1.54, 1.807) is 17.4 Å². The number of carbonyl (C=O) groups is 1. The number of ether oxygens (including phenoxy) is 1. The molecule has 0 saturated carbocycles. The number of nitrogens with one attached hydrogen (secondary N) is 2. The minimum Gasteiger partial charge on any atom is -0.444 e. The van der Waals surface area contributed by atoms with Crippen molar-refractivity contribution >= 4 is 45.2 Å². The van der Waals surface area contributed by atoms with Crippen molar-refractivity contribution in [2.75, 3.05) is 17.3 Å². The van der Waals surface area contributed by atoms with E-state index in [0.29, 0.717) is 23.3 Å². The largest absolute Gasteiger partial charge is 0.444 e. The van der Waals surface area contributed by atoms with Crippen molar-refractivity contribution in [3.8, 4) is 0 Å². The normalized spacial score (nSPS) is 22.3. The summed E-state index contributed by atoms with van der Waals surface area (Å²) in [7, 11) is 2.04. The first-order chi connectivity index (χ1) is 16.7. The van der Waals surface area contributed by atoms with E-state index in [2.05, 4.69) is 20.4 Å². The summed E-state index contributed by atoms with van der Waals surface area (Å²) in [5.74, 6) is 1.92. The molecule has 10 nitrogen and oxygen atoms in total. The minimum atomic E-state index is -0.501. The molecule has 3 aromatic heterocycles. The molecule has 2 atom stereocenters. The quantitative estimate of drug-likeness (QED) is 0.472. The van der Waals surface area contributed by atoms with Crippen molar-refractivity contribution in [1.82, 2.24) is 25.1 Å². The molecule has 0 aliphatic carbocycles. The third kappa shape index (κ3) is 4.92. The molecular weight excluding hydrogens is 466 g/mol. The smallest absolute Gasteiger partial charge is 0.410 e. The molecule has 2 bridgehead atoms. The molecule has 3 aromatic rings. The van der Waals surface area contributed by atoms with Gasteiger partial charge in [-0.05, 0) is 64.3 Å². The Morgan fingerprint density at radius 3 is 2.71 bits per heavy atom. The van der Waals surface area contributed by atoms with Gasteiger partial charge in [0.05, 0.1) is 17.7 Å². The second-order valence-corrected chi connectivity index (χ2v) is 11.3. The predicted octanol–water partition coefficient (Wildman–Crippen LogP) is 4.41. The van der Waals surface area contributed by atoms with Gasteiger partial charge in [-0.2, -0.15) is 10.1 Å². The molecule has 5 rings (SSSR count). The van der Waals surface area contributed by atoms with Gasteiger partial charge in [-0.15, -0.1) is 11.3 Å². The highest BCUT2D eigenvalue weighted by atomic mass is 32.1. The molecule has 2 unspecified atom stereocenters. The van der Waals surface area contributed by atoms with E-state index in [1.165, 1.54) is 0 Å². The van der Waals surface area contributed by atoms with Crippen LogP contribution >= 0.6 is 11.3 Å². The number of carbonyl (C=O) groups excluding carboxylic acids is 1. The van der Waals surface area contributed by atoms with Gasteiger partial charge in [0.1, 0.15) is 16.2 Å². The first kappa shape index (κ1) is 23.8. The first-order valence-corrected chi connectivity index (χ1v) is 13.0. The third-order valence-electron chi connectivity index (χ3n) is 6.78. The molecule has 0 spiro atoms. The van der Waals surface area contributed by atoms with E-state index in [0.717, 1.165) is 42.3 Å². The molecule has 1 amide bonds. The van der Waals surface area contributed by atoms with Crippen molar-refractivity contribution in [1.29, 1.82) is 0 Å². The van der Waals surface area contributed by atoms with Gasteiger partial charge < -0.3 is 25.0 Å². The van der Waals surface area contributed by atoms with Crippen LogP contribution in [0.5, 0.6) is 0 Å². The summed E-state index contributed by atoms with van der Waals surface area (Å²) in [6.45, 7) is 5.64. The second kappa shape index (κ2) is 9.27. The summed E-state index contributed by atoms with van der Waals surface area (Å²) in [4.78, 5) is 27.7. The molecule has 11 heteroatoms. The van der Waals surface area contributed by atoms with Crippen molar-refractivity contribution in [3.63, 3.8) is 0 Å². The topological polar surface area (TPSA) is 120 Å². The first-order valence-electron chi connectivity index (χ1n) is 12.1. The fourth-order valence-electron chi connectivity index (χ4n) is 5.17. The highest BCUT2D eigenvalue weighted by Gasteiger charge is 2.44. The number of fused-ring (bicyclic) bond motifs is 3. The molecule has 3 N–H and O–H groups in total. The third-order valence-corrected chi connectivity index (χ3v) is 7.58. The number of aliphatic hydroxyl groups is 1. The summed E-state index contributed by atoms with van der Waals surface area (Å²) in [5.41, 5.74) is 0.127. The Labute approximate surface area is 208 Å². The molecule has 35 heavy (non-hydrogen) atoms. The lowest BCUT2D eigenvalue weighted by molar-refractivity contribution is -0.0214. The number of rotatable bonds is 5. The highest BCUT2D eigenvalue weighted by Crippen LogP contribution is 2.38. The fraction of sp³-hybridized carbons (Fsp3) is 0.583. The SMILES string of the molecule is CN(c1nc(Nc2cc(CO)[nH]n2)c2ccsc2n1)C1CC2CCCC(C1)N2C(=O)OC(C)(C)C. The number of H-pyrrole nitrogens is 1. The second-order valence-electron chi connectivity index (χ2n) is 10.4. The number of hydrogen-bond acceptors (Lipinski definition) is 9. The van der Waals surface area contributed by atoms with Gasteiger partial charge >= 0.3 is 6.09 Å². The summed E-state index contributed by atoms with van der Waals surface area (Å²) < 4.78 is 5.73. The average Bonchev–Trinajstić information content (AvgIpc) is 3.45. The van der Waals surface area contributed by atoms with E-state index in [-0.39, 0.29) is 30.8 Å². The van der Waals surface area contributed by atoms with Crippen LogP contribution < -0.4 is 10.2 Å². The molecule has 5 heterocycles. The number of hydrogen-bond donors (Lipinski definition) is 3. The van der Waals surface area contributed by atoms with Crippen LogP contribution in [-0.2, 0) is 11.3 Å². The molecular formula is C24H33N7O3S. The van der Waals surface area contributed by atoms with Crippen LogP contribution in [0.25, 0.3) is 10.2 Å². The van der Waals surface area contributed by atoms with Crippen molar-refractivity contribution in [2.24, 2.45) is 0 Å². The highest BCUT2D eigenvalue weighted by molar-refractivity contribution is 7.16. The maximum atomic E-state index is 13.0. The Balaban J connectivity index is 1.38. The molecule has 2 aliphatic rings. The number of aromatic nitrogens is 4. The monoisotopic (exact) mass is 499 g/mol. The number of anilines is 3. The number of piperidine rings is 2. The van der Waals surface area contributed by atoms with Gasteiger partial charge in [0, 0.05) is 31.2 Å². The lowest BCUT2D eigenvalue weighted by Gasteiger charge is -2.50. The van der Waals surface area contributed by atoms with Crippen LogP contribution in [0.1, 0.15) is 58.6 Å². The van der Waals surface area contributed by atoms with Crippen LogP contribution in [0.2, 0.25) is 0 Å². The van der Waals surface area contributed by atoms with Gasteiger partial charge in [-0.3, -0.25) is 5.10 Å². The Bertz CT molecular complexity index is 1190. The van der Waals surface area contributed by atoms with Crippen LogP contribution in [0.15, 0.2) is 17.5 Å². The predicted molar refractivity (Wildman–Crippen MR) is 136 cm³/mol. The summed E-state index contributed by atoms with van der Waals surface area (Å²) in [6.07, 6.45) is 4.64. The molecule has 0 radical (unpaired) electrons. The van der Waals surface area contributed by atoms with Crippen LogP contribution in [0.3, 0.4) is 0 Å². The molecule has 2 saturated heterocycles. The van der Waals surface area contributed by atoms with E-state index < -0.39 is 5.60 Å². The summed E-state index contributed by atoms with van der Waals surface area (Å²) in [5, 5.41) is 22.5. The van der Waals surface area contributed by atoms with E-state index >= 15 is 0 Å². The maximum absolute atomic E-state index is 13.0. The van der Waals surface area contributed by atoms with E-state index in [9.17, 15) is 9.90 Å². The standard InChI is InChI=1S/C24H33N7O3S/c1-24(2,3)34-23(33)31-15-6-5-7-16(31)12-17(11-15)30(4)22-26-20(18-8-9-35-21(18)27-22)25-19-10-14(13-32)28-29-19/h8-10,15-17,32H,5-7,11-13H2,1-4H3,(H2,25,26,27,28,29). The van der Waals surface area contributed by atoms with Gasteiger partial charge in [-0.25, -0.2) is 9.78 Å². The Hall–Kier alpha value is -2.92. The maximum Gasteiger partial charge on any atom is 0.410 e. The van der Waals surface area contributed by atoms with Crippen molar-refractivity contribution in [3.05, 3.63) is 23.2 Å². The number of nitrogens with zero attached hydrogens (tertiary/aromatic N) is 5. The number of aromatic amines is 1. The Morgan fingerprint density at radius 1 is 1.31 bits per heavy atom. The lowest BCUT2D eigenvalue weighted by Crippen LogP contribution is -2.59. The number of aliphatic hydroxyl groups excluding tert-OH is 1. The zero-order valence-corrected chi connectivity index (χ0v) is 21.4. The molecule has 0 aromatic carbocycles. The lowest BCUT2D eigenvalue weighted by atomic mass is 9.81. The van der Waals surface area contributed by atoms with Crippen LogP contribution in [0, 0.1) is 0 Å². The van der Waals surface area contributed by atoms with Gasteiger partial charge in [0.15, 0.2) is 5.82 Å². The van der Waals surface area contributed by atoms with E-state index in [4.69, 9.17) is 14.7 Å². The summed E-state index contributed by atoms with van der Waals surface area (Å²) in [6, 6.07) is 4.30. The average molecular weight is 500 g/mol. The number of thiophene rings is 1. The Kier molecular flexibility index (Phi) is 6.30. The summed E-state index contributed by atoms with van der Waals surface area (Å²) >= 11 is 1.57. The Morgan fingerprint density at radius 2 is 2.06 bits per heavy atom. The molecule has 2 fully saturated rings. The van der Waals surface area contributed by atoms with Crippen molar-refractivity contribution in [2.45, 2.75) is 83.2 Å². The molecule has 188 valence electrons. The zero-order valence-electron chi connectivity index (χ0n) is 20.6. The number of amides is 1. The van der Waals surface area contributed by atoms with Crippen molar-refractivity contribution < 1.29 is 14.6 Å². The zero-order chi connectivity index (χ0) is 24.7. The minimum absolute atomic E-state index is 0.107. The van der Waals surface area contributed by atoms with Gasteiger partial charge in [-0.1, -0.05) is 0 Å². The molecule has 2 aliphatic heterocycles. The van der Waals surface area contributed by atoms with E-state index in [1.807, 2.05) is 44.2 Å². The van der Waals surface area contributed by atoms with Gasteiger partial charge in [0.25, 0.3) is 0 Å². The fourth-order valence-corrected chi connectivity index (χ4v) is 5.93. The van der Waals surface area contributed by atoms with Crippen LogP contribution in [-0.4, -0.2) is 67.0 Å². The van der Waals surface area contributed by atoms with Gasteiger partial charge in [0.2, 0.25) is 5.95 Å².